The minimum Gasteiger partial charge on any atom is -0.206 e. The van der Waals surface area contributed by atoms with Crippen LogP contribution in [0.25, 0.3) is 16.7 Å². The topological polar surface area (TPSA) is 0 Å². The van der Waals surface area contributed by atoms with E-state index in [2.05, 4.69) is 39.0 Å². The van der Waals surface area contributed by atoms with E-state index < -0.39 is 0 Å². The van der Waals surface area contributed by atoms with Gasteiger partial charge in [0.1, 0.15) is 5.82 Å². The molecule has 3 rings (SSSR count). The number of hydrogen-bond donors (Lipinski definition) is 0. The zero-order valence-electron chi connectivity index (χ0n) is 13.9. The summed E-state index contributed by atoms with van der Waals surface area (Å²) >= 11 is 6.11. The van der Waals surface area contributed by atoms with Crippen molar-refractivity contribution in [3.63, 3.8) is 0 Å². The van der Waals surface area contributed by atoms with Crippen LogP contribution in [0, 0.1) is 11.2 Å². The molecule has 2 heteroatoms. The highest BCUT2D eigenvalue weighted by Crippen LogP contribution is 2.47. The lowest BCUT2D eigenvalue weighted by molar-refractivity contribution is 0.487. The van der Waals surface area contributed by atoms with Crippen molar-refractivity contribution in [2.45, 2.75) is 40.0 Å². The highest BCUT2D eigenvalue weighted by Gasteiger charge is 2.30. The van der Waals surface area contributed by atoms with Crippen molar-refractivity contribution in [1.29, 1.82) is 0 Å². The van der Waals surface area contributed by atoms with Crippen LogP contribution in [0.5, 0.6) is 0 Å². The van der Waals surface area contributed by atoms with Gasteiger partial charge in [-0.05, 0) is 65.1 Å². The van der Waals surface area contributed by atoms with Gasteiger partial charge in [-0.15, -0.1) is 0 Å². The molecule has 0 aliphatic heterocycles. The number of halogens is 2. The monoisotopic (exact) mass is 328 g/mol. The molecule has 0 radical (unpaired) electrons. The predicted octanol–water partition coefficient (Wildman–Crippen LogP) is 6.91. The summed E-state index contributed by atoms with van der Waals surface area (Å²) in [5, 5.41) is 0.562. The van der Waals surface area contributed by atoms with E-state index >= 15 is 0 Å². The van der Waals surface area contributed by atoms with E-state index in [4.69, 9.17) is 11.6 Å². The summed E-state index contributed by atoms with van der Waals surface area (Å²) in [5.41, 5.74) is 5.38. The second-order valence-corrected chi connectivity index (χ2v) is 7.33. The Kier molecular flexibility index (Phi) is 4.33. The van der Waals surface area contributed by atoms with Crippen LogP contribution in [0.2, 0.25) is 5.02 Å². The van der Waals surface area contributed by atoms with Crippen molar-refractivity contribution in [3.05, 3.63) is 64.4 Å². The summed E-state index contributed by atoms with van der Waals surface area (Å²) < 4.78 is 14.4. The Morgan fingerprint density at radius 1 is 1.04 bits per heavy atom. The lowest BCUT2D eigenvalue weighted by Crippen LogP contribution is -2.10. The summed E-state index contributed by atoms with van der Waals surface area (Å²) in [5.74, 6) is -0.226. The fourth-order valence-corrected chi connectivity index (χ4v) is 3.61. The molecule has 23 heavy (non-hydrogen) atoms. The number of rotatable bonds is 3. The van der Waals surface area contributed by atoms with Gasteiger partial charge in [-0.2, -0.15) is 0 Å². The van der Waals surface area contributed by atoms with E-state index in [1.54, 1.807) is 12.1 Å². The lowest BCUT2D eigenvalue weighted by Gasteiger charge is -2.25. The van der Waals surface area contributed by atoms with E-state index in [-0.39, 0.29) is 11.2 Å². The van der Waals surface area contributed by atoms with Gasteiger partial charge >= 0.3 is 0 Å². The average Bonchev–Trinajstić information content (AvgIpc) is 2.88. The third-order valence-corrected chi connectivity index (χ3v) is 5.08. The van der Waals surface area contributed by atoms with Crippen molar-refractivity contribution in [3.8, 4) is 11.1 Å². The molecular formula is C21H22ClF. The highest BCUT2D eigenvalue weighted by atomic mass is 35.5. The Morgan fingerprint density at radius 3 is 2.48 bits per heavy atom. The second-order valence-electron chi connectivity index (χ2n) is 6.90. The summed E-state index contributed by atoms with van der Waals surface area (Å²) in [6, 6.07) is 11.1. The van der Waals surface area contributed by atoms with Crippen molar-refractivity contribution in [2.24, 2.45) is 5.41 Å². The van der Waals surface area contributed by atoms with Crippen molar-refractivity contribution in [2.75, 3.05) is 0 Å². The molecular weight excluding hydrogens is 307 g/mol. The smallest absolute Gasteiger partial charge is 0.131 e. The number of aryl methyl sites for hydroxylation is 1. The van der Waals surface area contributed by atoms with Crippen molar-refractivity contribution < 1.29 is 4.39 Å². The summed E-state index contributed by atoms with van der Waals surface area (Å²) in [4.78, 5) is 0. The first kappa shape index (κ1) is 16.3. The van der Waals surface area contributed by atoms with Gasteiger partial charge in [0.05, 0.1) is 0 Å². The SMILES string of the molecule is CCc1ccc(-c2cc(Cl)ccc2F)c(C2=CCCC2(C)C)c1. The Balaban J connectivity index is 2.24. The molecule has 0 atom stereocenters. The van der Waals surface area contributed by atoms with Crippen LogP contribution in [-0.4, -0.2) is 0 Å². The maximum absolute atomic E-state index is 14.4. The normalized spacial score (nSPS) is 16.5. The minimum absolute atomic E-state index is 0.121. The first-order valence-electron chi connectivity index (χ1n) is 8.22. The Bertz CT molecular complexity index is 771. The molecule has 1 aliphatic rings. The molecule has 0 unspecified atom stereocenters. The van der Waals surface area contributed by atoms with Crippen molar-refractivity contribution >= 4 is 17.2 Å². The summed E-state index contributed by atoms with van der Waals surface area (Å²) in [6.45, 7) is 6.68. The van der Waals surface area contributed by atoms with Gasteiger partial charge in [-0.3, -0.25) is 0 Å². The van der Waals surface area contributed by atoms with E-state index in [0.717, 1.165) is 30.4 Å². The number of hydrogen-bond acceptors (Lipinski definition) is 0. The van der Waals surface area contributed by atoms with E-state index in [1.807, 2.05) is 6.07 Å². The van der Waals surface area contributed by atoms with E-state index in [0.29, 0.717) is 10.6 Å². The molecule has 0 saturated carbocycles. The van der Waals surface area contributed by atoms with Crippen LogP contribution < -0.4 is 0 Å². The van der Waals surface area contributed by atoms with Gasteiger partial charge in [-0.1, -0.05) is 56.6 Å². The van der Waals surface area contributed by atoms with E-state index in [9.17, 15) is 4.39 Å². The fraction of sp³-hybridized carbons (Fsp3) is 0.333. The van der Waals surface area contributed by atoms with Crippen LogP contribution in [-0.2, 0) is 6.42 Å². The molecule has 0 saturated heterocycles. The zero-order chi connectivity index (χ0) is 16.6. The predicted molar refractivity (Wildman–Crippen MR) is 97.2 cm³/mol. The molecule has 0 heterocycles. The molecule has 0 spiro atoms. The molecule has 1 aliphatic carbocycles. The van der Waals surface area contributed by atoms with Crippen LogP contribution in [0.1, 0.15) is 44.7 Å². The Morgan fingerprint density at radius 2 is 1.83 bits per heavy atom. The van der Waals surface area contributed by atoms with Crippen LogP contribution in [0.3, 0.4) is 0 Å². The third-order valence-electron chi connectivity index (χ3n) is 4.85. The second kappa shape index (κ2) is 6.13. The molecule has 2 aromatic rings. The highest BCUT2D eigenvalue weighted by molar-refractivity contribution is 6.30. The Labute approximate surface area is 143 Å². The molecule has 0 amide bonds. The number of allylic oxidation sites excluding steroid dienone is 2. The van der Waals surface area contributed by atoms with Gasteiger partial charge in [0.25, 0.3) is 0 Å². The Hall–Kier alpha value is -1.60. The molecule has 0 fully saturated rings. The standard InChI is InChI=1S/C21H22ClF/c1-4-14-7-9-16(18-13-15(22)8-10-20(18)23)17(12-14)19-6-5-11-21(19,2)3/h6-10,12-13H,4-5,11H2,1-3H3. The average molecular weight is 329 g/mol. The summed E-state index contributed by atoms with van der Waals surface area (Å²) in [6.07, 6.45) is 5.49. The molecule has 0 aromatic heterocycles. The quantitative estimate of drug-likeness (QED) is 0.574. The van der Waals surface area contributed by atoms with Gasteiger partial charge in [-0.25, -0.2) is 4.39 Å². The maximum Gasteiger partial charge on any atom is 0.131 e. The van der Waals surface area contributed by atoms with Gasteiger partial charge < -0.3 is 0 Å². The van der Waals surface area contributed by atoms with Crippen LogP contribution in [0.15, 0.2) is 42.5 Å². The first-order chi connectivity index (χ1) is 10.9. The van der Waals surface area contributed by atoms with Gasteiger partial charge in [0, 0.05) is 10.6 Å². The zero-order valence-corrected chi connectivity index (χ0v) is 14.7. The summed E-state index contributed by atoms with van der Waals surface area (Å²) in [7, 11) is 0. The van der Waals surface area contributed by atoms with E-state index in [1.165, 1.54) is 17.2 Å². The molecule has 120 valence electrons. The molecule has 2 aromatic carbocycles. The van der Waals surface area contributed by atoms with Gasteiger partial charge in [0.2, 0.25) is 0 Å². The lowest BCUT2D eigenvalue weighted by atomic mass is 9.79. The third kappa shape index (κ3) is 3.07. The molecule has 0 nitrogen and oxygen atoms in total. The fourth-order valence-electron chi connectivity index (χ4n) is 3.44. The largest absolute Gasteiger partial charge is 0.206 e. The maximum atomic E-state index is 14.4. The van der Waals surface area contributed by atoms with Crippen LogP contribution >= 0.6 is 11.6 Å². The first-order valence-corrected chi connectivity index (χ1v) is 8.59. The van der Waals surface area contributed by atoms with Gasteiger partial charge in [0.15, 0.2) is 0 Å². The van der Waals surface area contributed by atoms with Crippen molar-refractivity contribution in [1.82, 2.24) is 0 Å². The minimum atomic E-state index is -0.226. The number of benzene rings is 2. The molecule has 0 bridgehead atoms. The molecule has 0 N–H and O–H groups in total. The van der Waals surface area contributed by atoms with Crippen LogP contribution in [0.4, 0.5) is 4.39 Å².